The van der Waals surface area contributed by atoms with Crippen molar-refractivity contribution in [2.45, 2.75) is 50.9 Å². The van der Waals surface area contributed by atoms with Crippen molar-refractivity contribution >= 4 is 40.7 Å². The second-order valence-corrected chi connectivity index (χ2v) is 12.2. The van der Waals surface area contributed by atoms with Gasteiger partial charge in [-0.2, -0.15) is 19.0 Å². The van der Waals surface area contributed by atoms with Gasteiger partial charge in [0, 0.05) is 62.4 Å². The molecule has 0 aliphatic carbocycles. The van der Waals surface area contributed by atoms with E-state index in [1.165, 1.54) is 46.0 Å². The summed E-state index contributed by atoms with van der Waals surface area (Å²) in [5.41, 5.74) is 0.812. The minimum atomic E-state index is -3.12. The first kappa shape index (κ1) is 32.3. The normalized spacial score (nSPS) is 17.4. The molecule has 0 radical (unpaired) electrons. The Bertz CT molecular complexity index is 1790. The number of hydrogen-bond donors (Lipinski definition) is 1. The summed E-state index contributed by atoms with van der Waals surface area (Å²) >= 11 is 6.23. The Morgan fingerprint density at radius 1 is 1.15 bits per heavy atom. The van der Waals surface area contributed by atoms with Crippen molar-refractivity contribution in [3.8, 4) is 17.0 Å². The molecule has 2 aliphatic heterocycles. The molecule has 13 nitrogen and oxygen atoms in total. The van der Waals surface area contributed by atoms with Crippen LogP contribution in [0, 0.1) is 0 Å². The van der Waals surface area contributed by atoms with Gasteiger partial charge in [-0.1, -0.05) is 11.6 Å². The second-order valence-electron chi connectivity index (χ2n) is 11.7. The highest BCUT2D eigenvalue weighted by molar-refractivity contribution is 6.31. The smallest absolute Gasteiger partial charge is 0.387 e. The average molecular weight is 670 g/mol. The third-order valence-electron chi connectivity index (χ3n) is 8.55. The van der Waals surface area contributed by atoms with Crippen molar-refractivity contribution in [3.63, 3.8) is 0 Å². The third kappa shape index (κ3) is 6.90. The first-order valence-corrected chi connectivity index (χ1v) is 15.6. The number of amides is 3. The molecule has 1 N–H and O–H groups in total. The number of alkyl halides is 2. The Morgan fingerprint density at radius 2 is 1.94 bits per heavy atom. The third-order valence-corrected chi connectivity index (χ3v) is 8.79. The molecule has 1 aromatic carbocycles. The number of anilines is 1. The fourth-order valence-corrected chi connectivity index (χ4v) is 6.50. The Balaban J connectivity index is 1.22. The van der Waals surface area contributed by atoms with Gasteiger partial charge in [0.1, 0.15) is 23.6 Å². The number of fused-ring (bicyclic) bond motifs is 1. The van der Waals surface area contributed by atoms with E-state index in [1.54, 1.807) is 36.2 Å². The quantitative estimate of drug-likeness (QED) is 0.286. The van der Waals surface area contributed by atoms with Crippen LogP contribution >= 0.6 is 11.6 Å². The van der Waals surface area contributed by atoms with Crippen molar-refractivity contribution in [2.24, 2.45) is 0 Å². The molecule has 0 spiro atoms. The summed E-state index contributed by atoms with van der Waals surface area (Å²) in [6, 6.07) is 5.83. The highest BCUT2D eigenvalue weighted by atomic mass is 35.5. The highest BCUT2D eigenvalue weighted by Gasteiger charge is 2.38. The van der Waals surface area contributed by atoms with E-state index in [9.17, 15) is 23.2 Å². The largest absolute Gasteiger partial charge is 0.434 e. The standard InChI is InChI=1S/C31H34ClF2N9O4/c1-39(2)30(46)24-5-3-11-42(24)20-8-13-40(14-9-20)26(44)18-41-17-23(37-29(45)22-16-36-43-12-4-10-35-28(22)43)27(38-41)21-15-19(32)6-7-25(21)47-31(33)34/h4,6-7,10,12,15-17,20,24,31H,3,5,8-9,11,13-14,18H2,1-2H3,(H,37,45)/t24-/m0/s1. The van der Waals surface area contributed by atoms with Crippen molar-refractivity contribution in [1.82, 2.24) is 39.1 Å². The van der Waals surface area contributed by atoms with Crippen LogP contribution in [0.5, 0.6) is 5.75 Å². The van der Waals surface area contributed by atoms with Crippen LogP contribution in [0.2, 0.25) is 5.02 Å². The Hall–Kier alpha value is -4.63. The molecule has 16 heteroatoms. The van der Waals surface area contributed by atoms with Crippen LogP contribution in [0.3, 0.4) is 0 Å². The first-order chi connectivity index (χ1) is 22.6. The topological polar surface area (TPSA) is 130 Å². The predicted octanol–water partition coefficient (Wildman–Crippen LogP) is 3.64. The molecule has 4 aromatic rings. The molecule has 2 aliphatic rings. The van der Waals surface area contributed by atoms with E-state index in [0.717, 1.165) is 32.2 Å². The zero-order valence-electron chi connectivity index (χ0n) is 25.9. The van der Waals surface area contributed by atoms with Crippen LogP contribution < -0.4 is 10.1 Å². The molecular weight excluding hydrogens is 636 g/mol. The first-order valence-electron chi connectivity index (χ1n) is 15.3. The number of nitrogens with zero attached hydrogens (tertiary/aromatic N) is 8. The van der Waals surface area contributed by atoms with Gasteiger partial charge in [-0.3, -0.25) is 24.0 Å². The Labute approximate surface area is 274 Å². The number of ether oxygens (including phenoxy) is 1. The van der Waals surface area contributed by atoms with Crippen molar-refractivity contribution in [2.75, 3.05) is 39.0 Å². The molecular formula is C31H34ClF2N9O4. The Morgan fingerprint density at radius 3 is 2.68 bits per heavy atom. The molecule has 0 saturated carbocycles. The van der Waals surface area contributed by atoms with Gasteiger partial charge in [0.05, 0.1) is 17.9 Å². The molecule has 0 bridgehead atoms. The van der Waals surface area contributed by atoms with Crippen LogP contribution in [0.4, 0.5) is 14.5 Å². The summed E-state index contributed by atoms with van der Waals surface area (Å²) in [5, 5.41) is 11.7. The van der Waals surface area contributed by atoms with Gasteiger partial charge in [0.2, 0.25) is 11.8 Å². The van der Waals surface area contributed by atoms with Gasteiger partial charge in [-0.15, -0.1) is 0 Å². The lowest BCUT2D eigenvalue weighted by Gasteiger charge is -2.39. The van der Waals surface area contributed by atoms with Gasteiger partial charge >= 0.3 is 6.61 Å². The van der Waals surface area contributed by atoms with Gasteiger partial charge in [-0.25, -0.2) is 9.50 Å². The number of nitrogens with one attached hydrogen (secondary N) is 1. The fourth-order valence-electron chi connectivity index (χ4n) is 6.33. The number of likely N-dealkylation sites (tertiary alicyclic amines) is 2. The molecule has 3 aromatic heterocycles. The molecule has 2 fully saturated rings. The van der Waals surface area contributed by atoms with Crippen LogP contribution in [0.25, 0.3) is 16.9 Å². The molecule has 1 atom stereocenters. The van der Waals surface area contributed by atoms with E-state index >= 15 is 0 Å². The van der Waals surface area contributed by atoms with Crippen LogP contribution in [0.15, 0.2) is 49.1 Å². The van der Waals surface area contributed by atoms with E-state index in [2.05, 4.69) is 25.4 Å². The lowest BCUT2D eigenvalue weighted by Crippen LogP contribution is -2.52. The van der Waals surface area contributed by atoms with Crippen LogP contribution in [-0.2, 0) is 16.1 Å². The Kier molecular flexibility index (Phi) is 9.36. The number of halogens is 3. The number of aromatic nitrogens is 5. The summed E-state index contributed by atoms with van der Waals surface area (Å²) in [7, 11) is 3.54. The second kappa shape index (κ2) is 13.6. The maximum absolute atomic E-state index is 13.5. The van der Waals surface area contributed by atoms with E-state index in [4.69, 9.17) is 16.3 Å². The van der Waals surface area contributed by atoms with Crippen LogP contribution in [-0.4, -0.2) is 109 Å². The number of likely N-dealkylation sites (N-methyl/N-ethyl adjacent to an activating group) is 1. The molecule has 47 heavy (non-hydrogen) atoms. The number of benzene rings is 1. The van der Waals surface area contributed by atoms with E-state index < -0.39 is 12.5 Å². The highest BCUT2D eigenvalue weighted by Crippen LogP contribution is 2.37. The number of piperidine rings is 1. The molecule has 5 heterocycles. The van der Waals surface area contributed by atoms with Gasteiger partial charge in [0.25, 0.3) is 5.91 Å². The van der Waals surface area contributed by atoms with E-state index in [1.807, 2.05) is 0 Å². The SMILES string of the molecule is CN(C)C(=O)[C@@H]1CCCN1C1CCN(C(=O)Cn2cc(NC(=O)c3cnn4cccnc34)c(-c3cc(Cl)ccc3OC(F)F)n2)CC1. The maximum atomic E-state index is 13.5. The summed E-state index contributed by atoms with van der Waals surface area (Å²) < 4.78 is 34.2. The maximum Gasteiger partial charge on any atom is 0.387 e. The van der Waals surface area contributed by atoms with E-state index in [-0.39, 0.29) is 63.7 Å². The number of carbonyl (C=O) groups is 3. The lowest BCUT2D eigenvalue weighted by molar-refractivity contribution is -0.137. The molecule has 6 rings (SSSR count). The molecule has 3 amide bonds. The number of carbonyl (C=O) groups excluding carboxylic acids is 3. The molecule has 0 unspecified atom stereocenters. The van der Waals surface area contributed by atoms with E-state index in [0.29, 0.717) is 18.7 Å². The summed E-state index contributed by atoms with van der Waals surface area (Å²) in [6.07, 6.45) is 9.27. The van der Waals surface area contributed by atoms with Crippen molar-refractivity contribution in [3.05, 3.63) is 59.6 Å². The summed E-state index contributed by atoms with van der Waals surface area (Å²) in [5.74, 6) is -0.860. The zero-order chi connectivity index (χ0) is 33.2. The monoisotopic (exact) mass is 669 g/mol. The molecule has 248 valence electrons. The zero-order valence-corrected chi connectivity index (χ0v) is 26.6. The lowest BCUT2D eigenvalue weighted by atomic mass is 10.0. The summed E-state index contributed by atoms with van der Waals surface area (Å²) in [4.78, 5) is 49.5. The van der Waals surface area contributed by atoms with Gasteiger partial charge in [-0.05, 0) is 56.5 Å². The fraction of sp³-hybridized carbons (Fsp3) is 0.419. The summed E-state index contributed by atoms with van der Waals surface area (Å²) in [6.45, 7) is -1.39. The minimum Gasteiger partial charge on any atom is -0.434 e. The number of hydrogen-bond acceptors (Lipinski definition) is 8. The van der Waals surface area contributed by atoms with Gasteiger partial charge in [0.15, 0.2) is 5.65 Å². The number of rotatable bonds is 9. The predicted molar refractivity (Wildman–Crippen MR) is 168 cm³/mol. The molecule has 2 saturated heterocycles. The van der Waals surface area contributed by atoms with Crippen LogP contribution in [0.1, 0.15) is 36.0 Å². The minimum absolute atomic E-state index is 0.0816. The van der Waals surface area contributed by atoms with Crippen molar-refractivity contribution < 1.29 is 27.9 Å². The average Bonchev–Trinajstić information content (AvgIpc) is 3.80. The van der Waals surface area contributed by atoms with Crippen molar-refractivity contribution in [1.29, 1.82) is 0 Å². The van der Waals surface area contributed by atoms with Gasteiger partial charge < -0.3 is 19.9 Å².